The minimum Gasteiger partial charge on any atom is -0.454 e. The third kappa shape index (κ3) is 4.59. The van der Waals surface area contributed by atoms with Crippen LogP contribution in [0.1, 0.15) is 18.1 Å². The van der Waals surface area contributed by atoms with Crippen molar-refractivity contribution in [2.75, 3.05) is 11.9 Å². The first kappa shape index (κ1) is 21.3. The number of ether oxygens (including phenoxy) is 1. The van der Waals surface area contributed by atoms with Gasteiger partial charge in [-0.25, -0.2) is 13.2 Å². The second-order valence-electron chi connectivity index (χ2n) is 6.22. The van der Waals surface area contributed by atoms with E-state index < -0.39 is 34.5 Å². The number of halogens is 1. The van der Waals surface area contributed by atoms with Crippen LogP contribution in [0.5, 0.6) is 0 Å². The molecule has 0 bridgehead atoms. The van der Waals surface area contributed by atoms with Crippen LogP contribution in [0.3, 0.4) is 0 Å². The molecule has 0 radical (unpaired) electrons. The number of amidine groups is 1. The molecular weight excluding hydrogens is 432 g/mol. The first-order chi connectivity index (χ1) is 14.2. The Morgan fingerprint density at radius 2 is 2.03 bits per heavy atom. The Hall–Kier alpha value is -3.42. The van der Waals surface area contributed by atoms with Crippen LogP contribution in [0.2, 0.25) is 5.02 Å². The minimum atomic E-state index is -3.72. The molecule has 2 N–H and O–H groups in total. The van der Waals surface area contributed by atoms with Gasteiger partial charge in [-0.2, -0.15) is 5.26 Å². The van der Waals surface area contributed by atoms with Crippen LogP contribution in [-0.4, -0.2) is 38.8 Å². The van der Waals surface area contributed by atoms with Gasteiger partial charge < -0.3 is 10.1 Å². The maximum absolute atomic E-state index is 12.2. The molecule has 11 heteroatoms. The number of nitriles is 1. The van der Waals surface area contributed by atoms with Gasteiger partial charge in [-0.05, 0) is 37.3 Å². The van der Waals surface area contributed by atoms with E-state index in [4.69, 9.17) is 21.6 Å². The summed E-state index contributed by atoms with van der Waals surface area (Å²) in [5.74, 6) is -1.39. The highest BCUT2D eigenvalue weighted by Crippen LogP contribution is 2.23. The van der Waals surface area contributed by atoms with E-state index in [0.29, 0.717) is 11.3 Å². The zero-order chi connectivity index (χ0) is 21.9. The molecule has 30 heavy (non-hydrogen) atoms. The van der Waals surface area contributed by atoms with E-state index in [1.54, 1.807) is 18.2 Å². The molecule has 0 saturated carbocycles. The van der Waals surface area contributed by atoms with Crippen molar-refractivity contribution in [1.82, 2.24) is 4.72 Å². The van der Waals surface area contributed by atoms with Crippen molar-refractivity contribution in [3.63, 3.8) is 0 Å². The Labute approximate surface area is 177 Å². The minimum absolute atomic E-state index is 0.0340. The number of esters is 1. The van der Waals surface area contributed by atoms with Gasteiger partial charge in [-0.3, -0.25) is 14.5 Å². The van der Waals surface area contributed by atoms with Gasteiger partial charge in [0.15, 0.2) is 6.61 Å². The van der Waals surface area contributed by atoms with Crippen LogP contribution in [0.4, 0.5) is 5.69 Å². The Kier molecular flexibility index (Phi) is 6.05. The lowest BCUT2D eigenvalue weighted by atomic mass is 10.2. The molecule has 1 aliphatic rings. The fourth-order valence-corrected chi connectivity index (χ4v) is 4.08. The summed E-state index contributed by atoms with van der Waals surface area (Å²) in [5, 5.41) is 11.5. The summed E-state index contributed by atoms with van der Waals surface area (Å²) >= 11 is 5.90. The predicted molar refractivity (Wildman–Crippen MR) is 109 cm³/mol. The molecule has 0 aliphatic carbocycles. The molecule has 0 aromatic heterocycles. The number of sulfonamides is 1. The monoisotopic (exact) mass is 446 g/mol. The molecular formula is C19H15ClN4O5S. The SMILES string of the molecule is C[C@H](N=C1NS(=O)(=O)c2ccccc21)C(=O)OCC(=O)Nc1ccc(C#N)c(Cl)c1. The fourth-order valence-electron chi connectivity index (χ4n) is 2.61. The van der Waals surface area contributed by atoms with Gasteiger partial charge in [0.2, 0.25) is 0 Å². The Bertz CT molecular complexity index is 1200. The lowest BCUT2D eigenvalue weighted by molar-refractivity contribution is -0.148. The quantitative estimate of drug-likeness (QED) is 0.672. The van der Waals surface area contributed by atoms with E-state index >= 15 is 0 Å². The maximum atomic E-state index is 12.2. The zero-order valence-electron chi connectivity index (χ0n) is 15.5. The maximum Gasteiger partial charge on any atom is 0.331 e. The highest BCUT2D eigenvalue weighted by molar-refractivity contribution is 7.90. The van der Waals surface area contributed by atoms with Crippen molar-refractivity contribution in [1.29, 1.82) is 5.26 Å². The van der Waals surface area contributed by atoms with Crippen LogP contribution >= 0.6 is 11.6 Å². The van der Waals surface area contributed by atoms with Crippen molar-refractivity contribution in [2.45, 2.75) is 17.9 Å². The molecule has 1 aliphatic heterocycles. The highest BCUT2D eigenvalue weighted by atomic mass is 35.5. The third-order valence-corrected chi connectivity index (χ3v) is 5.76. The standard InChI is InChI=1S/C19H15ClN4O5S/c1-11(22-18-14-4-2-3-5-16(14)30(27,28)24-18)19(26)29-10-17(25)23-13-7-6-12(9-21)15(20)8-13/h2-8,11H,10H2,1H3,(H,22,24)(H,23,25)/t11-/m0/s1. The highest BCUT2D eigenvalue weighted by Gasteiger charge is 2.31. The average Bonchev–Trinajstić information content (AvgIpc) is 2.96. The first-order valence-corrected chi connectivity index (χ1v) is 10.4. The normalized spacial score (nSPS) is 16.1. The fraction of sp³-hybridized carbons (Fsp3) is 0.158. The average molecular weight is 447 g/mol. The van der Waals surface area contributed by atoms with E-state index in [-0.39, 0.29) is 21.3 Å². The molecule has 0 fully saturated rings. The summed E-state index contributed by atoms with van der Waals surface area (Å²) < 4.78 is 31.4. The third-order valence-electron chi connectivity index (χ3n) is 4.05. The smallest absolute Gasteiger partial charge is 0.331 e. The van der Waals surface area contributed by atoms with Gasteiger partial charge in [0.25, 0.3) is 15.9 Å². The molecule has 3 rings (SSSR count). The molecule has 1 amide bonds. The summed E-state index contributed by atoms with van der Waals surface area (Å²) in [6, 6.07) is 11.4. The molecule has 1 heterocycles. The van der Waals surface area contributed by atoms with E-state index in [1.165, 1.54) is 31.2 Å². The number of anilines is 1. The Morgan fingerprint density at radius 1 is 1.30 bits per heavy atom. The molecule has 2 aromatic carbocycles. The zero-order valence-corrected chi connectivity index (χ0v) is 17.1. The van der Waals surface area contributed by atoms with Crippen molar-refractivity contribution in [2.24, 2.45) is 4.99 Å². The van der Waals surface area contributed by atoms with Crippen LogP contribution in [0, 0.1) is 11.3 Å². The summed E-state index contributed by atoms with van der Waals surface area (Å²) in [5.41, 5.74) is 0.955. The second-order valence-corrected chi connectivity index (χ2v) is 8.28. The van der Waals surface area contributed by atoms with Gasteiger partial charge >= 0.3 is 5.97 Å². The molecule has 1 atom stereocenters. The second kappa shape index (κ2) is 8.52. The van der Waals surface area contributed by atoms with Gasteiger partial charge in [-0.1, -0.05) is 23.7 Å². The number of carbonyl (C=O) groups is 2. The number of nitrogens with one attached hydrogen (secondary N) is 2. The number of carbonyl (C=O) groups excluding carboxylic acids is 2. The van der Waals surface area contributed by atoms with Crippen molar-refractivity contribution in [3.05, 3.63) is 58.6 Å². The summed E-state index contributed by atoms with van der Waals surface area (Å²) in [6.07, 6.45) is 0. The Balaban J connectivity index is 1.60. The van der Waals surface area contributed by atoms with Crippen molar-refractivity contribution in [3.8, 4) is 6.07 Å². The number of rotatable bonds is 5. The summed E-state index contributed by atoms with van der Waals surface area (Å²) in [7, 11) is -3.72. The van der Waals surface area contributed by atoms with Gasteiger partial charge in [0, 0.05) is 11.3 Å². The molecule has 0 spiro atoms. The topological polar surface area (TPSA) is 138 Å². The Morgan fingerprint density at radius 3 is 2.73 bits per heavy atom. The predicted octanol–water partition coefficient (Wildman–Crippen LogP) is 1.82. The molecule has 9 nitrogen and oxygen atoms in total. The van der Waals surface area contributed by atoms with Gasteiger partial charge in [0.1, 0.15) is 17.9 Å². The van der Waals surface area contributed by atoms with E-state index in [2.05, 4.69) is 15.0 Å². The van der Waals surface area contributed by atoms with Gasteiger partial charge in [-0.15, -0.1) is 0 Å². The molecule has 2 aromatic rings. The number of aliphatic imine (C=N–C) groups is 1. The largest absolute Gasteiger partial charge is 0.454 e. The lowest BCUT2D eigenvalue weighted by Gasteiger charge is -2.10. The molecule has 0 unspecified atom stereocenters. The van der Waals surface area contributed by atoms with Crippen LogP contribution < -0.4 is 10.0 Å². The van der Waals surface area contributed by atoms with Crippen molar-refractivity contribution < 1.29 is 22.7 Å². The molecule has 0 saturated heterocycles. The van der Waals surface area contributed by atoms with Gasteiger partial charge in [0.05, 0.1) is 15.5 Å². The molecule has 154 valence electrons. The number of hydrogen-bond donors (Lipinski definition) is 2. The van der Waals surface area contributed by atoms with E-state index in [1.807, 2.05) is 6.07 Å². The first-order valence-electron chi connectivity index (χ1n) is 8.57. The number of nitrogens with zero attached hydrogens (tertiary/aromatic N) is 2. The number of amides is 1. The van der Waals surface area contributed by atoms with Crippen LogP contribution in [0.15, 0.2) is 52.4 Å². The number of benzene rings is 2. The van der Waals surface area contributed by atoms with Crippen LogP contribution in [0.25, 0.3) is 0 Å². The van der Waals surface area contributed by atoms with E-state index in [9.17, 15) is 18.0 Å². The van der Waals surface area contributed by atoms with E-state index in [0.717, 1.165) is 0 Å². The van der Waals surface area contributed by atoms with Crippen molar-refractivity contribution >= 4 is 45.0 Å². The number of fused-ring (bicyclic) bond motifs is 1. The number of hydrogen-bond acceptors (Lipinski definition) is 7. The summed E-state index contributed by atoms with van der Waals surface area (Å²) in [6.45, 7) is 0.844. The summed E-state index contributed by atoms with van der Waals surface area (Å²) in [4.78, 5) is 28.3. The lowest BCUT2D eigenvalue weighted by Crippen LogP contribution is -2.28. The van der Waals surface area contributed by atoms with Crippen LogP contribution in [-0.2, 0) is 24.3 Å².